The monoisotopic (exact) mass is 330 g/mol. The number of halogens is 1. The summed E-state index contributed by atoms with van der Waals surface area (Å²) in [7, 11) is 0. The van der Waals surface area contributed by atoms with E-state index >= 15 is 0 Å². The molecule has 4 nitrogen and oxygen atoms in total. The number of rotatable bonds is 4. The molecule has 1 rings (SSSR count). The van der Waals surface area contributed by atoms with Crippen molar-refractivity contribution in [1.82, 2.24) is 10.6 Å². The topological polar surface area (TPSA) is 61.4 Å². The lowest BCUT2D eigenvalue weighted by Crippen LogP contribution is -2.39. The van der Waals surface area contributed by atoms with Crippen molar-refractivity contribution in [3.63, 3.8) is 0 Å². The zero-order valence-corrected chi connectivity index (χ0v) is 12.4. The number of aliphatic hydroxyl groups excluding tert-OH is 1. The maximum atomic E-state index is 11.8. The van der Waals surface area contributed by atoms with E-state index in [0.717, 1.165) is 10.0 Å². The van der Waals surface area contributed by atoms with Crippen LogP contribution in [0.15, 0.2) is 22.7 Å². The number of thiocarbonyl (C=S) groups is 1. The summed E-state index contributed by atoms with van der Waals surface area (Å²) in [6, 6.07) is 5.36. The van der Waals surface area contributed by atoms with Crippen molar-refractivity contribution in [3.05, 3.63) is 33.8 Å². The van der Waals surface area contributed by atoms with Crippen LogP contribution in [0, 0.1) is 6.92 Å². The van der Waals surface area contributed by atoms with Crippen molar-refractivity contribution in [1.29, 1.82) is 0 Å². The van der Waals surface area contributed by atoms with Gasteiger partial charge in [0.15, 0.2) is 5.11 Å². The molecular weight excluding hydrogens is 316 g/mol. The maximum absolute atomic E-state index is 11.8. The fourth-order valence-electron chi connectivity index (χ4n) is 1.23. The van der Waals surface area contributed by atoms with Gasteiger partial charge in [-0.1, -0.05) is 22.0 Å². The summed E-state index contributed by atoms with van der Waals surface area (Å²) in [6.07, 6.45) is 0.589. The normalized spacial score (nSPS) is 9.94. The zero-order valence-electron chi connectivity index (χ0n) is 10.00. The zero-order chi connectivity index (χ0) is 13.5. The molecule has 6 heteroatoms. The summed E-state index contributed by atoms with van der Waals surface area (Å²) in [5, 5.41) is 14.3. The van der Waals surface area contributed by atoms with Crippen LogP contribution in [0.25, 0.3) is 0 Å². The van der Waals surface area contributed by atoms with Crippen molar-refractivity contribution >= 4 is 39.2 Å². The van der Waals surface area contributed by atoms with E-state index in [2.05, 4.69) is 26.6 Å². The Balaban J connectivity index is 2.54. The molecule has 0 bridgehead atoms. The molecule has 3 N–H and O–H groups in total. The van der Waals surface area contributed by atoms with Crippen LogP contribution in [-0.2, 0) is 0 Å². The fourth-order valence-corrected chi connectivity index (χ4v) is 1.81. The Morgan fingerprint density at radius 3 is 2.83 bits per heavy atom. The van der Waals surface area contributed by atoms with E-state index in [0.29, 0.717) is 18.5 Å². The van der Waals surface area contributed by atoms with Gasteiger partial charge in [0, 0.05) is 23.2 Å². The maximum Gasteiger partial charge on any atom is 0.257 e. The quantitative estimate of drug-likeness (QED) is 0.581. The number of benzene rings is 1. The highest BCUT2D eigenvalue weighted by atomic mass is 79.9. The molecule has 0 aliphatic heterocycles. The molecule has 98 valence electrons. The van der Waals surface area contributed by atoms with Gasteiger partial charge in [-0.25, -0.2) is 0 Å². The first kappa shape index (κ1) is 15.1. The molecular formula is C12H15BrN2O2S. The third kappa shape index (κ3) is 4.72. The number of amides is 1. The Labute approximate surface area is 120 Å². The second kappa shape index (κ2) is 7.45. The van der Waals surface area contributed by atoms with E-state index in [1.54, 1.807) is 12.1 Å². The average Bonchev–Trinajstić information content (AvgIpc) is 2.33. The van der Waals surface area contributed by atoms with Crippen LogP contribution in [0.4, 0.5) is 0 Å². The summed E-state index contributed by atoms with van der Waals surface area (Å²) in [4.78, 5) is 11.8. The summed E-state index contributed by atoms with van der Waals surface area (Å²) >= 11 is 8.34. The Morgan fingerprint density at radius 1 is 1.50 bits per heavy atom. The predicted octanol–water partition coefficient (Wildman–Crippen LogP) is 1.74. The minimum Gasteiger partial charge on any atom is -0.396 e. The predicted molar refractivity (Wildman–Crippen MR) is 78.6 cm³/mol. The van der Waals surface area contributed by atoms with Crippen molar-refractivity contribution in [3.8, 4) is 0 Å². The van der Waals surface area contributed by atoms with E-state index in [-0.39, 0.29) is 17.6 Å². The fraction of sp³-hybridized carbons (Fsp3) is 0.333. The SMILES string of the molecule is Cc1ccc(C(=O)NC(=S)NCCCO)cc1Br. The van der Waals surface area contributed by atoms with Gasteiger partial charge in [-0.05, 0) is 43.3 Å². The van der Waals surface area contributed by atoms with Gasteiger partial charge in [0.05, 0.1) is 0 Å². The molecule has 0 aliphatic carbocycles. The number of carbonyl (C=O) groups excluding carboxylic acids is 1. The molecule has 0 saturated carbocycles. The first-order valence-electron chi connectivity index (χ1n) is 5.51. The highest BCUT2D eigenvalue weighted by Gasteiger charge is 2.08. The molecule has 0 unspecified atom stereocenters. The lowest BCUT2D eigenvalue weighted by Gasteiger charge is -2.09. The van der Waals surface area contributed by atoms with Crippen molar-refractivity contribution in [2.24, 2.45) is 0 Å². The molecule has 1 amide bonds. The average molecular weight is 331 g/mol. The summed E-state index contributed by atoms with van der Waals surface area (Å²) < 4.78 is 0.884. The van der Waals surface area contributed by atoms with Gasteiger partial charge in [0.25, 0.3) is 5.91 Å². The summed E-state index contributed by atoms with van der Waals surface area (Å²) in [5.74, 6) is -0.253. The summed E-state index contributed by atoms with van der Waals surface area (Å²) in [5.41, 5.74) is 1.61. The summed E-state index contributed by atoms with van der Waals surface area (Å²) in [6.45, 7) is 2.58. The highest BCUT2D eigenvalue weighted by Crippen LogP contribution is 2.17. The highest BCUT2D eigenvalue weighted by molar-refractivity contribution is 9.10. The van der Waals surface area contributed by atoms with E-state index in [1.165, 1.54) is 0 Å². The number of aryl methyl sites for hydroxylation is 1. The van der Waals surface area contributed by atoms with E-state index in [1.807, 2.05) is 13.0 Å². The van der Waals surface area contributed by atoms with Gasteiger partial charge in [0.2, 0.25) is 0 Å². The first-order chi connectivity index (χ1) is 8.54. The third-order valence-electron chi connectivity index (χ3n) is 2.28. The Morgan fingerprint density at radius 2 is 2.22 bits per heavy atom. The molecule has 0 aliphatic rings. The van der Waals surface area contributed by atoms with Crippen molar-refractivity contribution in [2.45, 2.75) is 13.3 Å². The molecule has 0 heterocycles. The van der Waals surface area contributed by atoms with Crippen LogP contribution in [0.1, 0.15) is 22.3 Å². The molecule has 0 fully saturated rings. The largest absolute Gasteiger partial charge is 0.396 e. The van der Waals surface area contributed by atoms with Crippen LogP contribution in [-0.4, -0.2) is 29.3 Å². The van der Waals surface area contributed by atoms with E-state index in [9.17, 15) is 4.79 Å². The Hall–Kier alpha value is -0.980. The van der Waals surface area contributed by atoms with Gasteiger partial charge >= 0.3 is 0 Å². The molecule has 0 saturated heterocycles. The van der Waals surface area contributed by atoms with Crippen LogP contribution in [0.2, 0.25) is 0 Å². The number of carbonyl (C=O) groups is 1. The smallest absolute Gasteiger partial charge is 0.257 e. The van der Waals surface area contributed by atoms with Gasteiger partial charge in [0.1, 0.15) is 0 Å². The van der Waals surface area contributed by atoms with Crippen LogP contribution in [0.5, 0.6) is 0 Å². The second-order valence-electron chi connectivity index (χ2n) is 3.75. The van der Waals surface area contributed by atoms with Gasteiger partial charge in [-0.3, -0.25) is 10.1 Å². The molecule has 18 heavy (non-hydrogen) atoms. The van der Waals surface area contributed by atoms with Crippen molar-refractivity contribution < 1.29 is 9.90 Å². The molecule has 0 radical (unpaired) electrons. The first-order valence-corrected chi connectivity index (χ1v) is 6.71. The lowest BCUT2D eigenvalue weighted by atomic mass is 10.1. The van der Waals surface area contributed by atoms with Crippen molar-refractivity contribution in [2.75, 3.05) is 13.2 Å². The molecule has 0 spiro atoms. The van der Waals surface area contributed by atoms with Gasteiger partial charge < -0.3 is 10.4 Å². The minimum atomic E-state index is -0.253. The standard InChI is InChI=1S/C12H15BrN2O2S/c1-8-3-4-9(7-10(8)13)11(17)15-12(18)14-5-2-6-16/h3-4,7,16H,2,5-6H2,1H3,(H2,14,15,17,18). The van der Waals surface area contributed by atoms with Crippen LogP contribution in [0.3, 0.4) is 0 Å². The van der Waals surface area contributed by atoms with E-state index in [4.69, 9.17) is 17.3 Å². The molecule has 0 aromatic heterocycles. The number of hydrogen-bond acceptors (Lipinski definition) is 3. The Bertz CT molecular complexity index is 452. The Kier molecular flexibility index (Phi) is 6.24. The van der Waals surface area contributed by atoms with Gasteiger partial charge in [-0.2, -0.15) is 0 Å². The molecule has 0 atom stereocenters. The molecule has 1 aromatic rings. The van der Waals surface area contributed by atoms with Crippen LogP contribution >= 0.6 is 28.1 Å². The minimum absolute atomic E-state index is 0.0917. The van der Waals surface area contributed by atoms with Crippen LogP contribution < -0.4 is 10.6 Å². The number of hydrogen-bond donors (Lipinski definition) is 3. The number of nitrogens with one attached hydrogen (secondary N) is 2. The third-order valence-corrected chi connectivity index (χ3v) is 3.38. The van der Waals surface area contributed by atoms with Gasteiger partial charge in [-0.15, -0.1) is 0 Å². The van der Waals surface area contributed by atoms with E-state index < -0.39 is 0 Å². The lowest BCUT2D eigenvalue weighted by molar-refractivity contribution is 0.0976. The molecule has 1 aromatic carbocycles. The number of aliphatic hydroxyl groups is 1. The second-order valence-corrected chi connectivity index (χ2v) is 5.01.